The monoisotopic (exact) mass is 753 g/mol. The summed E-state index contributed by atoms with van der Waals surface area (Å²) in [6.07, 6.45) is 56.3. The van der Waals surface area contributed by atoms with Gasteiger partial charge in [-0.15, -0.1) is 0 Å². The summed E-state index contributed by atoms with van der Waals surface area (Å²) in [7, 11) is 0. The number of ether oxygens (including phenoxy) is 3. The first-order valence-corrected chi connectivity index (χ1v) is 22.5. The van der Waals surface area contributed by atoms with Gasteiger partial charge < -0.3 is 14.2 Å². The van der Waals surface area contributed by atoms with Crippen LogP contribution in [0.5, 0.6) is 0 Å². The van der Waals surface area contributed by atoms with E-state index < -0.39 is 6.10 Å². The van der Waals surface area contributed by atoms with Crippen molar-refractivity contribution in [2.45, 2.75) is 207 Å². The van der Waals surface area contributed by atoms with Gasteiger partial charge in [-0.2, -0.15) is 0 Å². The smallest absolute Gasteiger partial charge is 0.306 e. The highest BCUT2D eigenvalue weighted by molar-refractivity contribution is 5.70. The molecule has 0 saturated carbocycles. The molecule has 0 aromatic rings. The topological polar surface area (TPSA) is 61.8 Å². The maximum Gasteiger partial charge on any atom is 0.306 e. The summed E-state index contributed by atoms with van der Waals surface area (Å²) in [6, 6.07) is 0. The minimum Gasteiger partial charge on any atom is -0.462 e. The van der Waals surface area contributed by atoms with Crippen LogP contribution in [0.3, 0.4) is 0 Å². The number of rotatable bonds is 40. The molecule has 0 rings (SSSR count). The lowest BCUT2D eigenvalue weighted by Crippen LogP contribution is -2.30. The average molecular weight is 753 g/mol. The maximum absolute atomic E-state index is 12.7. The van der Waals surface area contributed by atoms with Gasteiger partial charge in [0, 0.05) is 19.4 Å². The van der Waals surface area contributed by atoms with Crippen molar-refractivity contribution < 1.29 is 23.8 Å². The van der Waals surface area contributed by atoms with Crippen molar-refractivity contribution in [3.05, 3.63) is 72.9 Å². The van der Waals surface area contributed by atoms with Crippen LogP contribution < -0.4 is 0 Å². The van der Waals surface area contributed by atoms with Crippen molar-refractivity contribution >= 4 is 11.9 Å². The molecule has 0 amide bonds. The standard InChI is InChI=1S/C49H84O5/c1-4-7-10-13-16-19-22-24-26-29-32-35-38-41-44-52-45-47(54-49(51)43-40-37-34-31-27-21-18-15-12-9-6-3)46-53-48(50)42-39-36-33-30-28-25-23-20-17-14-11-8-5-2/h8,11,15,17-20,22,25,28,33,36,47H,4-7,9-10,12-14,16,21,23-24,26-27,29-32,34-35,37-46H2,1-3H3/b11-8-,18-15-,20-17-,22-19-,28-25-,36-33-. The average Bonchev–Trinajstić information content (AvgIpc) is 3.17. The first-order valence-electron chi connectivity index (χ1n) is 22.5. The molecule has 0 aliphatic rings. The molecule has 1 unspecified atom stereocenters. The molecule has 0 heterocycles. The molecule has 0 spiro atoms. The number of hydrogen-bond donors (Lipinski definition) is 0. The van der Waals surface area contributed by atoms with Gasteiger partial charge in [0.2, 0.25) is 0 Å². The predicted octanol–water partition coefficient (Wildman–Crippen LogP) is 14.8. The van der Waals surface area contributed by atoms with E-state index in [1.165, 1.54) is 96.3 Å². The third-order valence-corrected chi connectivity index (χ3v) is 9.21. The maximum atomic E-state index is 12.7. The van der Waals surface area contributed by atoms with Crippen molar-refractivity contribution in [3.8, 4) is 0 Å². The van der Waals surface area contributed by atoms with Crippen LogP contribution in [0.15, 0.2) is 72.9 Å². The summed E-state index contributed by atoms with van der Waals surface area (Å²) >= 11 is 0. The number of carbonyl (C=O) groups is 2. The van der Waals surface area contributed by atoms with Gasteiger partial charge in [0.25, 0.3) is 0 Å². The molecule has 0 aliphatic heterocycles. The molecule has 0 bridgehead atoms. The molecule has 0 fully saturated rings. The Balaban J connectivity index is 4.37. The number of unbranched alkanes of at least 4 members (excludes halogenated alkanes) is 17. The van der Waals surface area contributed by atoms with Gasteiger partial charge in [-0.05, 0) is 89.9 Å². The van der Waals surface area contributed by atoms with Crippen molar-refractivity contribution in [1.82, 2.24) is 0 Å². The fraction of sp³-hybridized carbons (Fsp3) is 0.714. The quantitative estimate of drug-likeness (QED) is 0.0354. The molecule has 0 aliphatic carbocycles. The van der Waals surface area contributed by atoms with Crippen LogP contribution >= 0.6 is 0 Å². The second-order valence-electron chi connectivity index (χ2n) is 14.6. The molecule has 0 aromatic carbocycles. The van der Waals surface area contributed by atoms with Crippen molar-refractivity contribution in [3.63, 3.8) is 0 Å². The van der Waals surface area contributed by atoms with E-state index in [4.69, 9.17) is 14.2 Å². The summed E-state index contributed by atoms with van der Waals surface area (Å²) in [4.78, 5) is 25.2. The SMILES string of the molecule is CC/C=C\C/C=C\C/C=C\C/C=C\CCC(=O)OCC(COCCCCCCCC/C=C\CCCCCC)OC(=O)CCCCCCC/C=C\CCCC. The summed E-state index contributed by atoms with van der Waals surface area (Å²) in [5.74, 6) is -0.508. The van der Waals surface area contributed by atoms with E-state index in [0.29, 0.717) is 25.9 Å². The van der Waals surface area contributed by atoms with E-state index in [0.717, 1.165) is 64.2 Å². The van der Waals surface area contributed by atoms with Gasteiger partial charge in [0.1, 0.15) is 6.61 Å². The van der Waals surface area contributed by atoms with E-state index in [1.807, 2.05) is 6.08 Å². The second kappa shape index (κ2) is 44.7. The zero-order valence-corrected chi connectivity index (χ0v) is 35.5. The summed E-state index contributed by atoms with van der Waals surface area (Å²) in [6.45, 7) is 7.55. The Hall–Kier alpha value is -2.66. The third kappa shape index (κ3) is 42.1. The normalized spacial score (nSPS) is 12.9. The van der Waals surface area contributed by atoms with E-state index in [9.17, 15) is 9.59 Å². The van der Waals surface area contributed by atoms with Gasteiger partial charge in [-0.25, -0.2) is 0 Å². The molecule has 5 nitrogen and oxygen atoms in total. The van der Waals surface area contributed by atoms with Crippen LogP contribution in [0.25, 0.3) is 0 Å². The molecule has 0 radical (unpaired) electrons. The number of carbonyl (C=O) groups excluding carboxylic acids is 2. The number of esters is 2. The van der Waals surface area contributed by atoms with Gasteiger partial charge in [-0.3, -0.25) is 9.59 Å². The summed E-state index contributed by atoms with van der Waals surface area (Å²) in [5.41, 5.74) is 0. The molecular weight excluding hydrogens is 669 g/mol. The zero-order valence-electron chi connectivity index (χ0n) is 35.5. The first-order chi connectivity index (χ1) is 26.6. The van der Waals surface area contributed by atoms with Gasteiger partial charge >= 0.3 is 11.9 Å². The zero-order chi connectivity index (χ0) is 39.3. The molecule has 0 saturated heterocycles. The van der Waals surface area contributed by atoms with Gasteiger partial charge in [0.05, 0.1) is 6.61 Å². The third-order valence-electron chi connectivity index (χ3n) is 9.21. The molecule has 5 heteroatoms. The fourth-order valence-electron chi connectivity index (χ4n) is 5.85. The van der Waals surface area contributed by atoms with E-state index in [2.05, 4.69) is 87.6 Å². The van der Waals surface area contributed by atoms with Gasteiger partial charge in [0.15, 0.2) is 6.10 Å². The van der Waals surface area contributed by atoms with Crippen LogP contribution in [0.2, 0.25) is 0 Å². The Morgan fingerprint density at radius 1 is 0.426 bits per heavy atom. The molecular formula is C49H84O5. The minimum atomic E-state index is -0.571. The highest BCUT2D eigenvalue weighted by Gasteiger charge is 2.17. The Morgan fingerprint density at radius 3 is 1.46 bits per heavy atom. The fourth-order valence-corrected chi connectivity index (χ4v) is 5.85. The van der Waals surface area contributed by atoms with E-state index in [1.54, 1.807) is 0 Å². The van der Waals surface area contributed by atoms with Crippen LogP contribution in [0.4, 0.5) is 0 Å². The molecule has 54 heavy (non-hydrogen) atoms. The van der Waals surface area contributed by atoms with Crippen molar-refractivity contribution in [1.29, 1.82) is 0 Å². The minimum absolute atomic E-state index is 0.0394. The second-order valence-corrected chi connectivity index (χ2v) is 14.6. The first kappa shape index (κ1) is 51.3. The molecule has 1 atom stereocenters. The Morgan fingerprint density at radius 2 is 0.889 bits per heavy atom. The van der Waals surface area contributed by atoms with Crippen molar-refractivity contribution in [2.75, 3.05) is 19.8 Å². The van der Waals surface area contributed by atoms with Crippen LogP contribution in [0.1, 0.15) is 201 Å². The Kier molecular flexibility index (Phi) is 42.5. The van der Waals surface area contributed by atoms with Crippen LogP contribution in [-0.4, -0.2) is 37.9 Å². The highest BCUT2D eigenvalue weighted by Crippen LogP contribution is 2.12. The molecule has 0 aromatic heterocycles. The lowest BCUT2D eigenvalue weighted by atomic mass is 10.1. The van der Waals surface area contributed by atoms with E-state index >= 15 is 0 Å². The van der Waals surface area contributed by atoms with Crippen LogP contribution in [0, 0.1) is 0 Å². The van der Waals surface area contributed by atoms with Gasteiger partial charge in [-0.1, -0.05) is 171 Å². The lowest BCUT2D eigenvalue weighted by molar-refractivity contribution is -0.162. The lowest BCUT2D eigenvalue weighted by Gasteiger charge is -2.18. The molecule has 0 N–H and O–H groups in total. The summed E-state index contributed by atoms with van der Waals surface area (Å²) < 4.78 is 17.2. The Labute approximate surface area is 334 Å². The van der Waals surface area contributed by atoms with Crippen LogP contribution in [-0.2, 0) is 23.8 Å². The molecule has 310 valence electrons. The Bertz CT molecular complexity index is 988. The predicted molar refractivity (Wildman–Crippen MR) is 233 cm³/mol. The highest BCUT2D eigenvalue weighted by atomic mass is 16.6. The number of hydrogen-bond acceptors (Lipinski definition) is 5. The summed E-state index contributed by atoms with van der Waals surface area (Å²) in [5, 5.41) is 0. The van der Waals surface area contributed by atoms with Crippen molar-refractivity contribution in [2.24, 2.45) is 0 Å². The number of allylic oxidation sites excluding steroid dienone is 12. The van der Waals surface area contributed by atoms with E-state index in [-0.39, 0.29) is 25.2 Å². The largest absolute Gasteiger partial charge is 0.462 e.